The van der Waals surface area contributed by atoms with E-state index in [1.807, 2.05) is 27.0 Å². The second-order valence-electron chi connectivity index (χ2n) is 4.38. The number of rotatable bonds is 5. The molecule has 0 saturated heterocycles. The minimum Gasteiger partial charge on any atom is -0.309 e. The monoisotopic (exact) mass is 268 g/mol. The van der Waals surface area contributed by atoms with Crippen molar-refractivity contribution in [3.05, 3.63) is 11.8 Å². The predicted octanol–water partition coefficient (Wildman–Crippen LogP) is 1.69. The molecule has 0 aliphatic rings. The quantitative estimate of drug-likeness (QED) is 0.628. The number of nitrogens with one attached hydrogen (secondary N) is 2. The summed E-state index contributed by atoms with van der Waals surface area (Å²) in [5.41, 5.74) is 0.843. The number of carbonyl (C=O) groups is 1. The molecule has 1 heterocycles. The van der Waals surface area contributed by atoms with Gasteiger partial charge in [0, 0.05) is 11.8 Å². The summed E-state index contributed by atoms with van der Waals surface area (Å²) in [6, 6.07) is 1.54. The molecule has 5 nitrogen and oxygen atoms in total. The van der Waals surface area contributed by atoms with Gasteiger partial charge in [-0.1, -0.05) is 25.6 Å². The van der Waals surface area contributed by atoms with Crippen LogP contribution in [0.15, 0.2) is 11.2 Å². The van der Waals surface area contributed by atoms with Crippen molar-refractivity contribution in [3.63, 3.8) is 0 Å². The number of anilines is 1. The van der Waals surface area contributed by atoms with Gasteiger partial charge in [-0.05, 0) is 26.1 Å². The maximum Gasteiger partial charge on any atom is 0.242 e. The van der Waals surface area contributed by atoms with Crippen LogP contribution in [0.1, 0.15) is 19.5 Å². The Morgan fingerprint density at radius 1 is 1.39 bits per heavy atom. The highest BCUT2D eigenvalue weighted by Gasteiger charge is 2.20. The van der Waals surface area contributed by atoms with E-state index in [-0.39, 0.29) is 17.9 Å². The molecule has 0 radical (unpaired) electrons. The number of aryl methyl sites for hydroxylation is 1. The lowest BCUT2D eigenvalue weighted by atomic mass is 10.0. The number of thioether (sulfide) groups is 1. The summed E-state index contributed by atoms with van der Waals surface area (Å²) in [5.74, 6) is 0.702. The number of nitrogens with zero attached hydrogens (tertiary/aromatic N) is 2. The molecule has 2 N–H and O–H groups in total. The average Bonchev–Trinajstić information content (AvgIpc) is 2.28. The lowest BCUT2D eigenvalue weighted by Gasteiger charge is -2.19. The Morgan fingerprint density at radius 3 is 2.56 bits per heavy atom. The van der Waals surface area contributed by atoms with Crippen LogP contribution in [0.5, 0.6) is 0 Å². The van der Waals surface area contributed by atoms with E-state index in [1.54, 1.807) is 13.1 Å². The SMILES string of the molecule is CNC(C(=O)Nc1cc(C)nc(SC)n1)C(C)C. The van der Waals surface area contributed by atoms with E-state index in [0.29, 0.717) is 11.0 Å². The van der Waals surface area contributed by atoms with Crippen LogP contribution in [0.4, 0.5) is 5.82 Å². The molecule has 100 valence electrons. The van der Waals surface area contributed by atoms with Gasteiger partial charge < -0.3 is 10.6 Å². The molecule has 1 aromatic rings. The summed E-state index contributed by atoms with van der Waals surface area (Å²) in [6.45, 7) is 5.88. The molecule has 0 aliphatic heterocycles. The summed E-state index contributed by atoms with van der Waals surface area (Å²) in [5, 5.41) is 6.49. The van der Waals surface area contributed by atoms with Crippen LogP contribution in [0, 0.1) is 12.8 Å². The van der Waals surface area contributed by atoms with Crippen LogP contribution in [-0.4, -0.2) is 35.2 Å². The zero-order valence-electron chi connectivity index (χ0n) is 11.4. The highest BCUT2D eigenvalue weighted by Crippen LogP contribution is 2.14. The molecule has 0 spiro atoms. The van der Waals surface area contributed by atoms with Crippen molar-refractivity contribution in [3.8, 4) is 0 Å². The molecule has 18 heavy (non-hydrogen) atoms. The van der Waals surface area contributed by atoms with Gasteiger partial charge in [-0.2, -0.15) is 0 Å². The molecule has 0 aliphatic carbocycles. The summed E-state index contributed by atoms with van der Waals surface area (Å²) in [4.78, 5) is 20.6. The Labute approximate surface area is 112 Å². The Hall–Kier alpha value is -1.14. The molecular weight excluding hydrogens is 248 g/mol. The van der Waals surface area contributed by atoms with Crippen molar-refractivity contribution in [1.82, 2.24) is 15.3 Å². The van der Waals surface area contributed by atoms with Crippen molar-refractivity contribution in [1.29, 1.82) is 0 Å². The maximum atomic E-state index is 12.1. The molecule has 0 fully saturated rings. The topological polar surface area (TPSA) is 66.9 Å². The third-order valence-electron chi connectivity index (χ3n) is 2.53. The molecular formula is C12H20N4OS. The Morgan fingerprint density at radius 2 is 2.06 bits per heavy atom. The van der Waals surface area contributed by atoms with Gasteiger partial charge in [0.05, 0.1) is 6.04 Å². The van der Waals surface area contributed by atoms with Gasteiger partial charge in [0.15, 0.2) is 5.16 Å². The first-order chi connectivity index (χ1) is 8.47. The summed E-state index contributed by atoms with van der Waals surface area (Å²) in [7, 11) is 1.78. The van der Waals surface area contributed by atoms with E-state index in [9.17, 15) is 4.79 Å². The molecule has 0 saturated carbocycles. The zero-order valence-corrected chi connectivity index (χ0v) is 12.3. The molecule has 0 aromatic carbocycles. The second kappa shape index (κ2) is 6.70. The van der Waals surface area contributed by atoms with Gasteiger partial charge in [-0.3, -0.25) is 4.79 Å². The van der Waals surface area contributed by atoms with Gasteiger partial charge in [0.2, 0.25) is 5.91 Å². The Kier molecular flexibility index (Phi) is 5.55. The smallest absolute Gasteiger partial charge is 0.242 e. The summed E-state index contributed by atoms with van der Waals surface area (Å²) < 4.78 is 0. The largest absolute Gasteiger partial charge is 0.309 e. The lowest BCUT2D eigenvalue weighted by Crippen LogP contribution is -2.42. The van der Waals surface area contributed by atoms with E-state index in [4.69, 9.17) is 0 Å². The van der Waals surface area contributed by atoms with E-state index in [2.05, 4.69) is 20.6 Å². The third kappa shape index (κ3) is 3.96. The minimum absolute atomic E-state index is 0.0716. The molecule has 1 rings (SSSR count). The number of aromatic nitrogens is 2. The zero-order chi connectivity index (χ0) is 13.7. The van der Waals surface area contributed by atoms with Crippen LogP contribution in [0.2, 0.25) is 0 Å². The van der Waals surface area contributed by atoms with E-state index in [0.717, 1.165) is 5.69 Å². The van der Waals surface area contributed by atoms with E-state index in [1.165, 1.54) is 11.8 Å². The van der Waals surface area contributed by atoms with Crippen molar-refractivity contribution in [2.24, 2.45) is 5.92 Å². The number of carbonyl (C=O) groups excluding carboxylic acids is 1. The molecule has 1 amide bonds. The first-order valence-electron chi connectivity index (χ1n) is 5.85. The normalized spacial score (nSPS) is 12.6. The van der Waals surface area contributed by atoms with Crippen molar-refractivity contribution in [2.75, 3.05) is 18.6 Å². The Bertz CT molecular complexity index is 423. The molecule has 1 unspecified atom stereocenters. The van der Waals surface area contributed by atoms with E-state index >= 15 is 0 Å². The lowest BCUT2D eigenvalue weighted by molar-refractivity contribution is -0.119. The highest BCUT2D eigenvalue weighted by atomic mass is 32.2. The first kappa shape index (κ1) is 14.9. The van der Waals surface area contributed by atoms with Crippen LogP contribution >= 0.6 is 11.8 Å². The number of hydrogen-bond acceptors (Lipinski definition) is 5. The molecule has 6 heteroatoms. The van der Waals surface area contributed by atoms with Crippen LogP contribution in [0.25, 0.3) is 0 Å². The first-order valence-corrected chi connectivity index (χ1v) is 7.08. The summed E-state index contributed by atoms with van der Waals surface area (Å²) >= 11 is 1.46. The number of amides is 1. The minimum atomic E-state index is -0.224. The van der Waals surface area contributed by atoms with Crippen LogP contribution in [-0.2, 0) is 4.79 Å². The van der Waals surface area contributed by atoms with Gasteiger partial charge in [-0.15, -0.1) is 0 Å². The fourth-order valence-electron chi connectivity index (χ4n) is 1.67. The fourth-order valence-corrected chi connectivity index (χ4v) is 2.09. The van der Waals surface area contributed by atoms with Crippen molar-refractivity contribution >= 4 is 23.5 Å². The van der Waals surface area contributed by atoms with Gasteiger partial charge in [-0.25, -0.2) is 9.97 Å². The standard InChI is InChI=1S/C12H20N4OS/c1-7(2)10(13-4)11(17)15-9-6-8(3)14-12(16-9)18-5/h6-7,10,13H,1-5H3,(H,14,15,16,17). The molecule has 1 atom stereocenters. The predicted molar refractivity (Wildman–Crippen MR) is 74.9 cm³/mol. The van der Waals surface area contributed by atoms with Gasteiger partial charge >= 0.3 is 0 Å². The van der Waals surface area contributed by atoms with Gasteiger partial charge in [0.1, 0.15) is 5.82 Å². The average molecular weight is 268 g/mol. The van der Waals surface area contributed by atoms with Crippen molar-refractivity contribution < 1.29 is 4.79 Å². The van der Waals surface area contributed by atoms with Gasteiger partial charge in [0.25, 0.3) is 0 Å². The van der Waals surface area contributed by atoms with Crippen molar-refractivity contribution in [2.45, 2.75) is 32.0 Å². The summed E-state index contributed by atoms with van der Waals surface area (Å²) in [6.07, 6.45) is 1.91. The van der Waals surface area contributed by atoms with Crippen LogP contribution in [0.3, 0.4) is 0 Å². The fraction of sp³-hybridized carbons (Fsp3) is 0.583. The second-order valence-corrected chi connectivity index (χ2v) is 5.15. The van der Waals surface area contributed by atoms with E-state index < -0.39 is 0 Å². The van der Waals surface area contributed by atoms with Crippen LogP contribution < -0.4 is 10.6 Å². The third-order valence-corrected chi connectivity index (χ3v) is 3.08. The Balaban J connectivity index is 2.84. The molecule has 0 bridgehead atoms. The number of hydrogen-bond donors (Lipinski definition) is 2. The molecule has 1 aromatic heterocycles. The number of likely N-dealkylation sites (N-methyl/N-ethyl adjacent to an activating group) is 1. The maximum absolute atomic E-state index is 12.1. The highest BCUT2D eigenvalue weighted by molar-refractivity contribution is 7.98.